The fraction of sp³-hybridized carbons (Fsp3) is 0.444. The molecule has 0 saturated carbocycles. The summed E-state index contributed by atoms with van der Waals surface area (Å²) in [6.45, 7) is 2.13. The van der Waals surface area contributed by atoms with Gasteiger partial charge in [-0.2, -0.15) is 5.26 Å². The molecule has 0 unspecified atom stereocenters. The van der Waals surface area contributed by atoms with Crippen molar-refractivity contribution in [2.24, 2.45) is 0 Å². The van der Waals surface area contributed by atoms with Crippen molar-refractivity contribution >= 4 is 17.6 Å². The lowest BCUT2D eigenvalue weighted by molar-refractivity contribution is 0.508. The third-order valence-corrected chi connectivity index (χ3v) is 5.92. The van der Waals surface area contributed by atoms with Crippen LogP contribution in [0, 0.1) is 11.3 Å². The van der Waals surface area contributed by atoms with Gasteiger partial charge in [0.2, 0.25) is 0 Å². The van der Waals surface area contributed by atoms with Gasteiger partial charge >= 0.3 is 0 Å². The molecule has 0 radical (unpaired) electrons. The molecule has 0 spiro atoms. The molecule has 128 valence electrons. The molecule has 0 aliphatic carbocycles. The van der Waals surface area contributed by atoms with Gasteiger partial charge in [-0.05, 0) is 19.3 Å². The summed E-state index contributed by atoms with van der Waals surface area (Å²) in [5.74, 6) is 1.30. The Morgan fingerprint density at radius 3 is 2.88 bits per heavy atom. The van der Waals surface area contributed by atoms with E-state index in [9.17, 15) is 5.26 Å². The largest absolute Gasteiger partial charge is 0.383 e. The zero-order valence-corrected chi connectivity index (χ0v) is 14.9. The van der Waals surface area contributed by atoms with Crippen molar-refractivity contribution in [3.8, 4) is 17.2 Å². The first-order valence-electron chi connectivity index (χ1n) is 8.64. The maximum absolute atomic E-state index is 9.67. The topological polar surface area (TPSA) is 101 Å². The summed E-state index contributed by atoms with van der Waals surface area (Å²) in [6, 6.07) is 2.94. The number of nitrogens with zero attached hydrogens (tertiary/aromatic N) is 4. The van der Waals surface area contributed by atoms with Crippen molar-refractivity contribution in [1.29, 1.82) is 5.26 Å². The van der Waals surface area contributed by atoms with Crippen LogP contribution in [0.1, 0.15) is 49.0 Å². The molecule has 1 fully saturated rings. The zero-order chi connectivity index (χ0) is 17.4. The Hall–Kier alpha value is -2.17. The monoisotopic (exact) mass is 352 g/mol. The van der Waals surface area contributed by atoms with Crippen LogP contribution >= 0.6 is 11.8 Å². The van der Waals surface area contributed by atoms with Crippen molar-refractivity contribution in [2.45, 2.75) is 49.8 Å². The molecule has 7 heteroatoms. The lowest BCUT2D eigenvalue weighted by Gasteiger charge is -2.27. The second kappa shape index (κ2) is 6.62. The molecule has 2 bridgehead atoms. The van der Waals surface area contributed by atoms with E-state index < -0.39 is 0 Å². The van der Waals surface area contributed by atoms with Gasteiger partial charge in [0.05, 0.1) is 0 Å². The number of fused-ring (bicyclic) bond motifs is 4. The number of aromatic nitrogens is 3. The minimum Gasteiger partial charge on any atom is -0.383 e. The third-order valence-electron chi connectivity index (χ3n) is 4.83. The van der Waals surface area contributed by atoms with E-state index >= 15 is 0 Å². The van der Waals surface area contributed by atoms with Crippen LogP contribution in [-0.2, 0) is 6.42 Å². The molecular formula is C18H20N6S. The molecule has 4 rings (SSSR count). The molecule has 1 saturated heterocycles. The average Bonchev–Trinajstić information content (AvgIpc) is 3.01. The average molecular weight is 352 g/mol. The van der Waals surface area contributed by atoms with Crippen LogP contribution in [0.25, 0.3) is 11.1 Å². The summed E-state index contributed by atoms with van der Waals surface area (Å²) in [6.07, 6.45) is 7.75. The first-order chi connectivity index (χ1) is 12.2. The minimum atomic E-state index is 0.234. The molecular weight excluding hydrogens is 332 g/mol. The number of nitrogens with one attached hydrogen (secondary N) is 1. The van der Waals surface area contributed by atoms with Gasteiger partial charge in [0.25, 0.3) is 0 Å². The van der Waals surface area contributed by atoms with E-state index in [-0.39, 0.29) is 6.04 Å². The SMILES string of the molecule is CCCSc1ncc(-c2c(C#N)c(N)nc3c2[C@@H]2CC[C@H](C3)N2)cn1. The van der Waals surface area contributed by atoms with E-state index in [0.29, 0.717) is 17.4 Å². The quantitative estimate of drug-likeness (QED) is 0.644. The summed E-state index contributed by atoms with van der Waals surface area (Å²) >= 11 is 1.64. The van der Waals surface area contributed by atoms with E-state index in [1.165, 1.54) is 0 Å². The molecule has 0 amide bonds. The van der Waals surface area contributed by atoms with Crippen molar-refractivity contribution in [3.05, 3.63) is 29.2 Å². The summed E-state index contributed by atoms with van der Waals surface area (Å²) < 4.78 is 0. The number of nitrogens with two attached hydrogens (primary N) is 1. The number of anilines is 1. The Labute approximate surface area is 151 Å². The number of rotatable bonds is 4. The predicted octanol–water partition coefficient (Wildman–Crippen LogP) is 2.84. The highest BCUT2D eigenvalue weighted by molar-refractivity contribution is 7.99. The number of hydrogen-bond acceptors (Lipinski definition) is 7. The van der Waals surface area contributed by atoms with Gasteiger partial charge < -0.3 is 11.1 Å². The van der Waals surface area contributed by atoms with Gasteiger partial charge in [-0.25, -0.2) is 15.0 Å². The molecule has 25 heavy (non-hydrogen) atoms. The Morgan fingerprint density at radius 2 is 2.16 bits per heavy atom. The normalized spacial score (nSPS) is 21.0. The van der Waals surface area contributed by atoms with E-state index in [4.69, 9.17) is 5.73 Å². The fourth-order valence-corrected chi connectivity index (χ4v) is 4.41. The molecule has 2 aliphatic rings. The van der Waals surface area contributed by atoms with Crippen molar-refractivity contribution in [3.63, 3.8) is 0 Å². The van der Waals surface area contributed by atoms with Crippen LogP contribution in [0.4, 0.5) is 5.82 Å². The van der Waals surface area contributed by atoms with Gasteiger partial charge in [-0.15, -0.1) is 0 Å². The summed E-state index contributed by atoms with van der Waals surface area (Å²) in [7, 11) is 0. The third kappa shape index (κ3) is 2.86. The molecule has 3 N–H and O–H groups in total. The number of hydrogen-bond donors (Lipinski definition) is 2. The van der Waals surface area contributed by atoms with Crippen LogP contribution in [-0.4, -0.2) is 26.7 Å². The van der Waals surface area contributed by atoms with E-state index in [1.807, 2.05) is 12.4 Å². The Balaban J connectivity index is 1.83. The van der Waals surface area contributed by atoms with Gasteiger partial charge in [-0.1, -0.05) is 18.7 Å². The second-order valence-corrected chi connectivity index (χ2v) is 7.58. The summed E-state index contributed by atoms with van der Waals surface area (Å²) in [4.78, 5) is 13.5. The maximum Gasteiger partial charge on any atom is 0.187 e. The highest BCUT2D eigenvalue weighted by Crippen LogP contribution is 2.43. The lowest BCUT2D eigenvalue weighted by atomic mass is 9.89. The van der Waals surface area contributed by atoms with E-state index in [0.717, 1.165) is 59.0 Å². The van der Waals surface area contributed by atoms with Crippen molar-refractivity contribution in [2.75, 3.05) is 11.5 Å². The summed E-state index contributed by atoms with van der Waals surface area (Å²) in [5.41, 5.74) is 10.4. The maximum atomic E-state index is 9.67. The molecule has 6 nitrogen and oxygen atoms in total. The molecule has 2 aromatic rings. The number of nitriles is 1. The Kier molecular flexibility index (Phi) is 4.32. The highest BCUT2D eigenvalue weighted by Gasteiger charge is 2.36. The Morgan fingerprint density at radius 1 is 1.36 bits per heavy atom. The van der Waals surface area contributed by atoms with Crippen LogP contribution in [0.2, 0.25) is 0 Å². The smallest absolute Gasteiger partial charge is 0.187 e. The number of nitrogen functional groups attached to an aromatic ring is 1. The van der Waals surface area contributed by atoms with E-state index in [1.54, 1.807) is 11.8 Å². The Bertz CT molecular complexity index is 842. The minimum absolute atomic E-state index is 0.234. The number of pyridine rings is 1. The van der Waals surface area contributed by atoms with Crippen LogP contribution < -0.4 is 11.1 Å². The molecule has 4 heterocycles. The van der Waals surface area contributed by atoms with Crippen molar-refractivity contribution in [1.82, 2.24) is 20.3 Å². The van der Waals surface area contributed by atoms with Crippen LogP contribution in [0.5, 0.6) is 0 Å². The van der Waals surface area contributed by atoms with Gasteiger partial charge in [0, 0.05) is 59.0 Å². The lowest BCUT2D eigenvalue weighted by Crippen LogP contribution is -2.33. The number of thioether (sulfide) groups is 1. The molecule has 2 aromatic heterocycles. The van der Waals surface area contributed by atoms with Crippen LogP contribution in [0.3, 0.4) is 0 Å². The van der Waals surface area contributed by atoms with Gasteiger partial charge in [0.15, 0.2) is 5.16 Å². The molecule has 0 aromatic carbocycles. The predicted molar refractivity (Wildman–Crippen MR) is 98.0 cm³/mol. The van der Waals surface area contributed by atoms with E-state index in [2.05, 4.69) is 33.3 Å². The van der Waals surface area contributed by atoms with Crippen molar-refractivity contribution < 1.29 is 0 Å². The summed E-state index contributed by atoms with van der Waals surface area (Å²) in [5, 5.41) is 14.1. The van der Waals surface area contributed by atoms with Crippen LogP contribution in [0.15, 0.2) is 17.6 Å². The zero-order valence-electron chi connectivity index (χ0n) is 14.1. The standard InChI is InChI=1S/C18H20N6S/c1-2-5-25-18-21-8-10(9-22-18)15-12(7-19)17(20)24-14-6-11-3-4-13(23-11)16(14)15/h8-9,11,13,23H,2-6H2,1H3,(H2,20,24)/t11-,13+/m1/s1. The van der Waals surface area contributed by atoms with Gasteiger partial charge in [0.1, 0.15) is 17.5 Å². The first-order valence-corrected chi connectivity index (χ1v) is 9.63. The fourth-order valence-electron chi connectivity index (χ4n) is 3.77. The highest BCUT2D eigenvalue weighted by atomic mass is 32.2. The molecule has 2 atom stereocenters. The first kappa shape index (κ1) is 16.3. The van der Waals surface area contributed by atoms with Gasteiger partial charge in [-0.3, -0.25) is 0 Å². The molecule has 2 aliphatic heterocycles. The second-order valence-electron chi connectivity index (χ2n) is 6.52.